The van der Waals surface area contributed by atoms with E-state index in [-0.39, 0.29) is 11.6 Å². The van der Waals surface area contributed by atoms with Crippen LogP contribution in [0.25, 0.3) is 0 Å². The van der Waals surface area contributed by atoms with Crippen molar-refractivity contribution >= 4 is 11.6 Å². The van der Waals surface area contributed by atoms with Gasteiger partial charge in [0, 0.05) is 17.5 Å². The molecule has 1 aliphatic carbocycles. The molecule has 4 rings (SSSR count). The van der Waals surface area contributed by atoms with Gasteiger partial charge in [0.05, 0.1) is 12.0 Å². The van der Waals surface area contributed by atoms with Gasteiger partial charge in [-0.3, -0.25) is 9.59 Å². The SMILES string of the molecule is CCC1(CC2(c3cccc(C)c3)CO2)C(=O)c2ccccc2C1=O. The lowest BCUT2D eigenvalue weighted by molar-refractivity contribution is 0.0617. The number of benzene rings is 2. The Morgan fingerprint density at radius 1 is 1.00 bits per heavy atom. The van der Waals surface area contributed by atoms with Crippen LogP contribution in [0.1, 0.15) is 51.6 Å². The second-order valence-electron chi connectivity index (χ2n) is 6.97. The fourth-order valence-electron chi connectivity index (χ4n) is 3.98. The Bertz CT molecular complexity index is 811. The van der Waals surface area contributed by atoms with Gasteiger partial charge in [-0.25, -0.2) is 0 Å². The second-order valence-corrected chi connectivity index (χ2v) is 6.97. The highest BCUT2D eigenvalue weighted by molar-refractivity contribution is 6.29. The molecule has 0 spiro atoms. The molecule has 3 heteroatoms. The number of carbonyl (C=O) groups is 2. The van der Waals surface area contributed by atoms with E-state index in [2.05, 4.69) is 6.07 Å². The largest absolute Gasteiger partial charge is 0.364 e. The van der Waals surface area contributed by atoms with Gasteiger partial charge in [-0.05, 0) is 18.9 Å². The van der Waals surface area contributed by atoms with Crippen molar-refractivity contribution in [3.05, 3.63) is 70.8 Å². The quantitative estimate of drug-likeness (QED) is 0.630. The second kappa shape index (κ2) is 5.12. The Morgan fingerprint density at radius 3 is 2.12 bits per heavy atom. The summed E-state index contributed by atoms with van der Waals surface area (Å²) in [4.78, 5) is 26.2. The average molecular weight is 320 g/mol. The summed E-state index contributed by atoms with van der Waals surface area (Å²) >= 11 is 0. The van der Waals surface area contributed by atoms with Gasteiger partial charge >= 0.3 is 0 Å². The number of hydrogen-bond acceptors (Lipinski definition) is 3. The van der Waals surface area contributed by atoms with Crippen molar-refractivity contribution in [1.82, 2.24) is 0 Å². The summed E-state index contributed by atoms with van der Waals surface area (Å²) in [7, 11) is 0. The molecule has 2 aromatic rings. The Hall–Kier alpha value is -2.26. The van der Waals surface area contributed by atoms with Gasteiger partial charge in [-0.15, -0.1) is 0 Å². The summed E-state index contributed by atoms with van der Waals surface area (Å²) in [5.41, 5.74) is 1.83. The third-order valence-electron chi connectivity index (χ3n) is 5.51. The minimum atomic E-state index is -0.996. The number of epoxide rings is 1. The molecule has 1 fully saturated rings. The van der Waals surface area contributed by atoms with Crippen LogP contribution in [0.4, 0.5) is 0 Å². The molecule has 24 heavy (non-hydrogen) atoms. The summed E-state index contributed by atoms with van der Waals surface area (Å²) in [5.74, 6) is -0.0961. The molecule has 0 radical (unpaired) electrons. The number of ketones is 2. The first-order valence-corrected chi connectivity index (χ1v) is 8.42. The maximum absolute atomic E-state index is 13.1. The summed E-state index contributed by atoms with van der Waals surface area (Å²) in [6, 6.07) is 15.3. The zero-order valence-electron chi connectivity index (χ0n) is 14.0. The van der Waals surface area contributed by atoms with Crippen LogP contribution in [-0.4, -0.2) is 18.2 Å². The van der Waals surface area contributed by atoms with Gasteiger partial charge in [-0.1, -0.05) is 61.0 Å². The maximum atomic E-state index is 13.1. The van der Waals surface area contributed by atoms with Crippen LogP contribution in [0.2, 0.25) is 0 Å². The fourth-order valence-corrected chi connectivity index (χ4v) is 3.98. The van der Waals surface area contributed by atoms with E-state index >= 15 is 0 Å². The smallest absolute Gasteiger partial charge is 0.177 e. The van der Waals surface area contributed by atoms with Gasteiger partial charge in [0.2, 0.25) is 0 Å². The molecule has 1 atom stereocenters. The van der Waals surface area contributed by atoms with Gasteiger partial charge in [0.1, 0.15) is 5.60 Å². The van der Waals surface area contributed by atoms with Crippen LogP contribution in [0, 0.1) is 12.3 Å². The molecule has 0 bridgehead atoms. The topological polar surface area (TPSA) is 46.7 Å². The first kappa shape index (κ1) is 15.3. The van der Waals surface area contributed by atoms with Crippen molar-refractivity contribution in [1.29, 1.82) is 0 Å². The molecule has 1 unspecified atom stereocenters. The molecule has 0 saturated carbocycles. The van der Waals surface area contributed by atoms with E-state index in [1.807, 2.05) is 44.2 Å². The molecule has 0 aromatic heterocycles. The highest BCUT2D eigenvalue weighted by Crippen LogP contribution is 2.53. The van der Waals surface area contributed by atoms with Crippen LogP contribution in [0.15, 0.2) is 48.5 Å². The van der Waals surface area contributed by atoms with E-state index in [4.69, 9.17) is 4.74 Å². The Kier molecular flexibility index (Phi) is 3.26. The highest BCUT2D eigenvalue weighted by Gasteiger charge is 2.60. The molecule has 0 amide bonds. The van der Waals surface area contributed by atoms with Crippen molar-refractivity contribution in [2.75, 3.05) is 6.61 Å². The summed E-state index contributed by atoms with van der Waals surface area (Å²) < 4.78 is 5.82. The van der Waals surface area contributed by atoms with E-state index in [0.29, 0.717) is 30.6 Å². The van der Waals surface area contributed by atoms with E-state index in [0.717, 1.165) is 11.1 Å². The number of ether oxygens (including phenoxy) is 1. The predicted molar refractivity (Wildman–Crippen MR) is 91.3 cm³/mol. The Labute approximate surface area is 141 Å². The monoisotopic (exact) mass is 320 g/mol. The molecule has 2 aliphatic rings. The molecular weight excluding hydrogens is 300 g/mol. The number of fused-ring (bicyclic) bond motifs is 1. The van der Waals surface area contributed by atoms with Gasteiger partial charge in [0.25, 0.3) is 0 Å². The number of rotatable bonds is 4. The fraction of sp³-hybridized carbons (Fsp3) is 0.333. The van der Waals surface area contributed by atoms with E-state index in [9.17, 15) is 9.59 Å². The third kappa shape index (κ3) is 2.01. The minimum absolute atomic E-state index is 0.0480. The number of carbonyl (C=O) groups excluding carboxylic acids is 2. The highest BCUT2D eigenvalue weighted by atomic mass is 16.6. The number of aryl methyl sites for hydroxylation is 1. The van der Waals surface area contributed by atoms with Crippen LogP contribution in [-0.2, 0) is 10.3 Å². The normalized spacial score (nSPS) is 24.1. The third-order valence-corrected chi connectivity index (χ3v) is 5.51. The van der Waals surface area contributed by atoms with Gasteiger partial charge < -0.3 is 4.74 Å². The first-order valence-electron chi connectivity index (χ1n) is 8.42. The zero-order chi connectivity index (χ0) is 16.9. The molecule has 1 heterocycles. The van der Waals surface area contributed by atoms with Gasteiger partial charge in [0.15, 0.2) is 11.6 Å². The molecule has 3 nitrogen and oxygen atoms in total. The number of Topliss-reactive ketones (excluding diaryl/α,β-unsaturated/α-hetero) is 2. The van der Waals surface area contributed by atoms with E-state index in [1.54, 1.807) is 12.1 Å². The summed E-state index contributed by atoms with van der Waals surface area (Å²) in [6.07, 6.45) is 0.919. The average Bonchev–Trinajstić information content (AvgIpc) is 3.35. The van der Waals surface area contributed by atoms with Crippen molar-refractivity contribution in [3.63, 3.8) is 0 Å². The lowest BCUT2D eigenvalue weighted by Crippen LogP contribution is -2.37. The van der Waals surface area contributed by atoms with Crippen molar-refractivity contribution in [2.24, 2.45) is 5.41 Å². The summed E-state index contributed by atoms with van der Waals surface area (Å²) in [6.45, 7) is 4.53. The first-order chi connectivity index (χ1) is 11.5. The molecule has 1 saturated heterocycles. The van der Waals surface area contributed by atoms with Crippen molar-refractivity contribution < 1.29 is 14.3 Å². The van der Waals surface area contributed by atoms with Crippen LogP contribution >= 0.6 is 0 Å². The molecule has 0 N–H and O–H groups in total. The Morgan fingerprint density at radius 2 is 1.62 bits per heavy atom. The van der Waals surface area contributed by atoms with E-state index in [1.165, 1.54) is 0 Å². The lowest BCUT2D eigenvalue weighted by Gasteiger charge is -2.28. The molecule has 2 aromatic carbocycles. The summed E-state index contributed by atoms with van der Waals surface area (Å²) in [5, 5.41) is 0. The van der Waals surface area contributed by atoms with Crippen molar-refractivity contribution in [3.8, 4) is 0 Å². The lowest BCUT2D eigenvalue weighted by atomic mass is 9.71. The Balaban J connectivity index is 1.76. The number of hydrogen-bond donors (Lipinski definition) is 0. The van der Waals surface area contributed by atoms with Crippen LogP contribution in [0.5, 0.6) is 0 Å². The molecule has 1 aliphatic heterocycles. The maximum Gasteiger partial charge on any atom is 0.177 e. The standard InChI is InChI=1S/C21H20O3/c1-3-20(18(22)16-9-4-5-10-17(16)19(20)23)12-21(13-24-21)15-8-6-7-14(2)11-15/h4-11H,3,12-13H2,1-2H3. The van der Waals surface area contributed by atoms with Gasteiger partial charge in [-0.2, -0.15) is 0 Å². The zero-order valence-corrected chi connectivity index (χ0v) is 14.0. The molecule has 122 valence electrons. The van der Waals surface area contributed by atoms with Crippen LogP contribution in [0.3, 0.4) is 0 Å². The molecular formula is C21H20O3. The minimum Gasteiger partial charge on any atom is -0.364 e. The van der Waals surface area contributed by atoms with Crippen LogP contribution < -0.4 is 0 Å². The van der Waals surface area contributed by atoms with E-state index < -0.39 is 11.0 Å². The van der Waals surface area contributed by atoms with Crippen molar-refractivity contribution in [2.45, 2.75) is 32.3 Å². The predicted octanol–water partition coefficient (Wildman–Crippen LogP) is 4.09.